The molecule has 0 rings (SSSR count). The zero-order valence-corrected chi connectivity index (χ0v) is 6.52. The number of nitrogens with two attached hydrogens (primary N) is 1. The van der Waals surface area contributed by atoms with Crippen molar-refractivity contribution < 1.29 is 9.59 Å². The van der Waals surface area contributed by atoms with Gasteiger partial charge in [0.05, 0.1) is 0 Å². The van der Waals surface area contributed by atoms with Gasteiger partial charge in [-0.1, -0.05) is 6.92 Å². The largest absolute Gasteiger partial charge is 0.330 e. The van der Waals surface area contributed by atoms with Crippen LogP contribution < -0.4 is 16.6 Å². The van der Waals surface area contributed by atoms with Gasteiger partial charge in [0, 0.05) is 19.4 Å². The van der Waals surface area contributed by atoms with Crippen molar-refractivity contribution in [2.24, 2.45) is 5.73 Å². The Morgan fingerprint density at radius 3 is 2.27 bits per heavy atom. The molecule has 5 heteroatoms. The molecule has 0 fully saturated rings. The van der Waals surface area contributed by atoms with E-state index in [1.807, 2.05) is 0 Å². The van der Waals surface area contributed by atoms with Gasteiger partial charge in [0.1, 0.15) is 0 Å². The molecule has 0 saturated carbocycles. The van der Waals surface area contributed by atoms with E-state index in [-0.39, 0.29) is 24.8 Å². The highest BCUT2D eigenvalue weighted by Gasteiger charge is 1.99. The average Bonchev–Trinajstić information content (AvgIpc) is 2.01. The van der Waals surface area contributed by atoms with Crippen LogP contribution in [0.1, 0.15) is 19.8 Å². The van der Waals surface area contributed by atoms with Crippen LogP contribution in [0.3, 0.4) is 0 Å². The number of hydrazine groups is 1. The standard InChI is InChI=1S/C6H13N3O2/c1-2-5(10)8-9-6(11)3-4-7/h2-4,7H2,1H3,(H,8,10)(H,9,11). The lowest BCUT2D eigenvalue weighted by molar-refractivity contribution is -0.128. The summed E-state index contributed by atoms with van der Waals surface area (Å²) in [4.78, 5) is 21.2. The van der Waals surface area contributed by atoms with E-state index in [4.69, 9.17) is 5.73 Å². The monoisotopic (exact) mass is 159 g/mol. The van der Waals surface area contributed by atoms with Crippen LogP contribution >= 0.6 is 0 Å². The number of hydrogen-bond acceptors (Lipinski definition) is 3. The molecule has 0 spiro atoms. The van der Waals surface area contributed by atoms with Gasteiger partial charge < -0.3 is 5.73 Å². The summed E-state index contributed by atoms with van der Waals surface area (Å²) in [6.45, 7) is 1.98. The van der Waals surface area contributed by atoms with Crippen LogP contribution in [0.25, 0.3) is 0 Å². The lowest BCUT2D eigenvalue weighted by atomic mass is 10.4. The van der Waals surface area contributed by atoms with E-state index >= 15 is 0 Å². The van der Waals surface area contributed by atoms with Crippen molar-refractivity contribution in [3.63, 3.8) is 0 Å². The number of carbonyl (C=O) groups is 2. The first-order valence-corrected chi connectivity index (χ1v) is 3.48. The third-order valence-corrected chi connectivity index (χ3v) is 1.03. The maximum atomic E-state index is 10.7. The molecule has 0 heterocycles. The molecule has 0 saturated heterocycles. The van der Waals surface area contributed by atoms with Crippen LogP contribution in [0.15, 0.2) is 0 Å². The fourth-order valence-corrected chi connectivity index (χ4v) is 0.421. The molecule has 0 bridgehead atoms. The predicted octanol–water partition coefficient (Wildman–Crippen LogP) is -1.11. The van der Waals surface area contributed by atoms with Gasteiger partial charge in [-0.3, -0.25) is 20.4 Å². The van der Waals surface area contributed by atoms with Crippen molar-refractivity contribution in [3.8, 4) is 0 Å². The van der Waals surface area contributed by atoms with Crippen molar-refractivity contribution >= 4 is 11.8 Å². The second-order valence-electron chi connectivity index (χ2n) is 1.99. The first kappa shape index (κ1) is 9.90. The van der Waals surface area contributed by atoms with E-state index in [9.17, 15) is 9.59 Å². The highest BCUT2D eigenvalue weighted by Crippen LogP contribution is 1.74. The molecule has 4 N–H and O–H groups in total. The van der Waals surface area contributed by atoms with E-state index in [1.165, 1.54) is 0 Å². The van der Waals surface area contributed by atoms with Crippen molar-refractivity contribution in [1.29, 1.82) is 0 Å². The van der Waals surface area contributed by atoms with Crippen LogP contribution in [0.4, 0.5) is 0 Å². The van der Waals surface area contributed by atoms with Crippen LogP contribution in [0.5, 0.6) is 0 Å². The summed E-state index contributed by atoms with van der Waals surface area (Å²) in [6, 6.07) is 0. The van der Waals surface area contributed by atoms with E-state index in [1.54, 1.807) is 6.92 Å². The molecule has 0 aromatic heterocycles. The fraction of sp³-hybridized carbons (Fsp3) is 0.667. The number of carbonyl (C=O) groups excluding carboxylic acids is 2. The summed E-state index contributed by atoms with van der Waals surface area (Å²) < 4.78 is 0. The van der Waals surface area contributed by atoms with Gasteiger partial charge in [-0.05, 0) is 0 Å². The maximum absolute atomic E-state index is 10.7. The molecular weight excluding hydrogens is 146 g/mol. The van der Waals surface area contributed by atoms with E-state index in [0.29, 0.717) is 6.42 Å². The summed E-state index contributed by atoms with van der Waals surface area (Å²) in [5.74, 6) is -0.482. The third-order valence-electron chi connectivity index (χ3n) is 1.03. The van der Waals surface area contributed by atoms with Crippen LogP contribution in [0.2, 0.25) is 0 Å². The quantitative estimate of drug-likeness (QED) is 0.457. The molecule has 5 nitrogen and oxygen atoms in total. The minimum absolute atomic E-state index is 0.213. The summed E-state index contributed by atoms with van der Waals surface area (Å²) in [5, 5.41) is 0. The molecule has 0 aromatic carbocycles. The first-order chi connectivity index (χ1) is 5.20. The van der Waals surface area contributed by atoms with Gasteiger partial charge in [-0.2, -0.15) is 0 Å². The number of rotatable bonds is 3. The second kappa shape index (κ2) is 5.67. The van der Waals surface area contributed by atoms with E-state index in [2.05, 4.69) is 10.9 Å². The molecule has 0 unspecified atom stereocenters. The molecule has 0 aromatic rings. The van der Waals surface area contributed by atoms with Crippen molar-refractivity contribution in [2.45, 2.75) is 19.8 Å². The Balaban J connectivity index is 3.38. The Labute approximate surface area is 65.3 Å². The number of nitrogens with one attached hydrogen (secondary N) is 2. The molecule has 2 amide bonds. The zero-order chi connectivity index (χ0) is 8.69. The van der Waals surface area contributed by atoms with Gasteiger partial charge in [-0.15, -0.1) is 0 Å². The first-order valence-electron chi connectivity index (χ1n) is 3.48. The van der Waals surface area contributed by atoms with Crippen molar-refractivity contribution in [3.05, 3.63) is 0 Å². The highest BCUT2D eigenvalue weighted by molar-refractivity contribution is 5.81. The number of amides is 2. The molecule has 64 valence electrons. The summed E-state index contributed by atoms with van der Waals surface area (Å²) in [6.07, 6.45) is 0.576. The van der Waals surface area contributed by atoms with Crippen molar-refractivity contribution in [1.82, 2.24) is 10.9 Å². The van der Waals surface area contributed by atoms with Crippen molar-refractivity contribution in [2.75, 3.05) is 6.54 Å². The summed E-state index contributed by atoms with van der Waals surface area (Å²) in [7, 11) is 0. The van der Waals surface area contributed by atoms with Crippen LogP contribution in [-0.2, 0) is 9.59 Å². The maximum Gasteiger partial charge on any atom is 0.239 e. The zero-order valence-electron chi connectivity index (χ0n) is 6.52. The minimum atomic E-state index is -0.269. The summed E-state index contributed by atoms with van der Waals surface area (Å²) >= 11 is 0. The van der Waals surface area contributed by atoms with Gasteiger partial charge in [-0.25, -0.2) is 0 Å². The Morgan fingerprint density at radius 2 is 1.82 bits per heavy atom. The molecule has 0 aliphatic carbocycles. The Hall–Kier alpha value is -1.10. The minimum Gasteiger partial charge on any atom is -0.330 e. The van der Waals surface area contributed by atoms with Crippen LogP contribution in [-0.4, -0.2) is 18.4 Å². The molecule has 0 radical (unpaired) electrons. The lowest BCUT2D eigenvalue weighted by Crippen LogP contribution is -2.41. The Morgan fingerprint density at radius 1 is 1.27 bits per heavy atom. The molecule has 11 heavy (non-hydrogen) atoms. The molecular formula is C6H13N3O2. The van der Waals surface area contributed by atoms with Crippen LogP contribution in [0, 0.1) is 0 Å². The van der Waals surface area contributed by atoms with Gasteiger partial charge >= 0.3 is 0 Å². The lowest BCUT2D eigenvalue weighted by Gasteiger charge is -2.03. The average molecular weight is 159 g/mol. The van der Waals surface area contributed by atoms with E-state index in [0.717, 1.165) is 0 Å². The summed E-state index contributed by atoms with van der Waals surface area (Å²) in [5.41, 5.74) is 9.53. The van der Waals surface area contributed by atoms with Gasteiger partial charge in [0.2, 0.25) is 11.8 Å². The number of hydrogen-bond donors (Lipinski definition) is 3. The van der Waals surface area contributed by atoms with E-state index < -0.39 is 0 Å². The molecule has 0 aliphatic heterocycles. The Bertz CT molecular complexity index is 147. The van der Waals surface area contributed by atoms with Gasteiger partial charge in [0.15, 0.2) is 0 Å². The SMILES string of the molecule is CCC(=O)NNC(=O)CCN. The third kappa shape index (κ3) is 5.35. The normalized spacial score (nSPS) is 8.91. The second-order valence-corrected chi connectivity index (χ2v) is 1.99. The predicted molar refractivity (Wildman–Crippen MR) is 40.2 cm³/mol. The molecule has 0 atom stereocenters. The Kier molecular flexibility index (Phi) is 5.10. The highest BCUT2D eigenvalue weighted by atomic mass is 16.2. The smallest absolute Gasteiger partial charge is 0.239 e. The fourth-order valence-electron chi connectivity index (χ4n) is 0.421. The topological polar surface area (TPSA) is 84.2 Å². The molecule has 0 aliphatic rings. The van der Waals surface area contributed by atoms with Gasteiger partial charge in [0.25, 0.3) is 0 Å².